The summed E-state index contributed by atoms with van der Waals surface area (Å²) in [7, 11) is 1.65. The van der Waals surface area contributed by atoms with Crippen LogP contribution in [0, 0.1) is 5.92 Å². The van der Waals surface area contributed by atoms with E-state index in [1.807, 2.05) is 24.4 Å². The molecule has 2 aromatic heterocycles. The molecule has 5 rings (SSSR count). The maximum Gasteiger partial charge on any atom is 0.163 e. The van der Waals surface area contributed by atoms with E-state index in [2.05, 4.69) is 10.3 Å². The van der Waals surface area contributed by atoms with E-state index in [1.54, 1.807) is 7.11 Å². The number of hydrogen-bond donors (Lipinski definition) is 1. The van der Waals surface area contributed by atoms with Crippen LogP contribution in [-0.2, 0) is 11.2 Å². The van der Waals surface area contributed by atoms with Crippen LogP contribution in [0.3, 0.4) is 0 Å². The lowest BCUT2D eigenvalue weighted by Gasteiger charge is -2.12. The van der Waals surface area contributed by atoms with Crippen LogP contribution in [0.15, 0.2) is 24.4 Å². The number of benzene rings is 1. The van der Waals surface area contributed by atoms with Gasteiger partial charge in [0.15, 0.2) is 11.6 Å². The number of anilines is 1. The van der Waals surface area contributed by atoms with E-state index in [1.165, 1.54) is 25.7 Å². The molecule has 150 valence electrons. The van der Waals surface area contributed by atoms with Crippen molar-refractivity contribution < 1.29 is 9.53 Å². The first-order valence-electron chi connectivity index (χ1n) is 10.6. The van der Waals surface area contributed by atoms with E-state index in [0.717, 1.165) is 52.2 Å². The zero-order valence-electron chi connectivity index (χ0n) is 16.8. The summed E-state index contributed by atoms with van der Waals surface area (Å²) in [6.45, 7) is 0.595. The molecular formula is C23H26N4O2. The maximum atomic E-state index is 12.5. The molecule has 0 saturated heterocycles. The van der Waals surface area contributed by atoms with Crippen LogP contribution in [0.1, 0.15) is 54.7 Å². The van der Waals surface area contributed by atoms with Crippen LogP contribution >= 0.6 is 0 Å². The van der Waals surface area contributed by atoms with Gasteiger partial charge in [-0.15, -0.1) is 0 Å². The number of ketones is 1. The quantitative estimate of drug-likeness (QED) is 0.333. The number of Topliss-reactive ketones (excluding diaryl/α,β-unsaturated/α-hetero) is 1. The molecule has 6 heteroatoms. The van der Waals surface area contributed by atoms with Gasteiger partial charge in [0.25, 0.3) is 0 Å². The summed E-state index contributed by atoms with van der Waals surface area (Å²) >= 11 is 0. The van der Waals surface area contributed by atoms with Gasteiger partial charge in [0.2, 0.25) is 0 Å². The van der Waals surface area contributed by atoms with Gasteiger partial charge in [0, 0.05) is 55.1 Å². The molecule has 6 nitrogen and oxygen atoms in total. The molecule has 0 aliphatic heterocycles. The Hall–Kier alpha value is -2.60. The van der Waals surface area contributed by atoms with Gasteiger partial charge in [-0.3, -0.25) is 4.79 Å². The predicted octanol–water partition coefficient (Wildman–Crippen LogP) is 4.31. The van der Waals surface area contributed by atoms with Crippen molar-refractivity contribution in [3.8, 4) is 0 Å². The Kier molecular flexibility index (Phi) is 4.87. The molecule has 0 bridgehead atoms. The second kappa shape index (κ2) is 7.67. The van der Waals surface area contributed by atoms with Crippen LogP contribution in [0.25, 0.3) is 21.8 Å². The monoisotopic (exact) mass is 390 g/mol. The van der Waals surface area contributed by atoms with Crippen LogP contribution in [-0.4, -0.2) is 40.5 Å². The topological polar surface area (TPSA) is 77.0 Å². The highest BCUT2D eigenvalue weighted by Gasteiger charge is 2.25. The number of hydrogen-bond acceptors (Lipinski definition) is 6. The minimum Gasteiger partial charge on any atom is -0.385 e. The molecule has 0 amide bonds. The highest BCUT2D eigenvalue weighted by Crippen LogP contribution is 2.34. The fourth-order valence-corrected chi connectivity index (χ4v) is 3.72. The fraction of sp³-hybridized carbons (Fsp3) is 0.478. The van der Waals surface area contributed by atoms with Crippen LogP contribution < -0.4 is 5.32 Å². The smallest absolute Gasteiger partial charge is 0.163 e. The number of methoxy groups -OCH3 is 1. The summed E-state index contributed by atoms with van der Waals surface area (Å²) in [5, 5.41) is 5.52. The molecule has 29 heavy (non-hydrogen) atoms. The molecule has 2 heterocycles. The summed E-state index contributed by atoms with van der Waals surface area (Å²) in [4.78, 5) is 26.9. The Balaban J connectivity index is 1.55. The van der Waals surface area contributed by atoms with Crippen LogP contribution in [0.2, 0.25) is 0 Å². The fourth-order valence-electron chi connectivity index (χ4n) is 3.72. The maximum absolute atomic E-state index is 12.5. The van der Waals surface area contributed by atoms with E-state index < -0.39 is 0 Å². The minimum atomic E-state index is 0.124. The van der Waals surface area contributed by atoms with E-state index in [9.17, 15) is 4.79 Å². The lowest BCUT2D eigenvalue weighted by Crippen LogP contribution is -2.07. The number of carbonyl (C=O) groups is 1. The van der Waals surface area contributed by atoms with Crippen molar-refractivity contribution in [3.05, 3.63) is 35.8 Å². The summed E-state index contributed by atoms with van der Waals surface area (Å²) < 4.78 is 5.06. The van der Waals surface area contributed by atoms with Crippen LogP contribution in [0.5, 0.6) is 0 Å². The number of aromatic nitrogens is 3. The van der Waals surface area contributed by atoms with Gasteiger partial charge in [-0.1, -0.05) is 12.1 Å². The summed E-state index contributed by atoms with van der Waals surface area (Å²) in [5.41, 5.74) is 2.41. The average molecular weight is 390 g/mol. The Morgan fingerprint density at radius 2 is 2.03 bits per heavy atom. The largest absolute Gasteiger partial charge is 0.385 e. The number of fused-ring (bicyclic) bond motifs is 3. The standard InChI is InChI=1S/C23H26N4O2/c1-29-10-2-3-20(28)15-6-9-17-18-13-24-21(11-14-4-5-14)27-22(18)23(25-16-7-8-16)26-19(17)12-15/h6,9,12-14,16H,2-5,7-8,10-11H2,1H3,(H,25,26). The summed E-state index contributed by atoms with van der Waals surface area (Å²) in [5.74, 6) is 2.59. The number of carbonyl (C=O) groups excluding carboxylic acids is 1. The molecule has 1 aromatic carbocycles. The molecule has 3 aromatic rings. The van der Waals surface area contributed by atoms with Crippen molar-refractivity contribution in [1.29, 1.82) is 0 Å². The number of pyridine rings is 1. The van der Waals surface area contributed by atoms with Gasteiger partial charge < -0.3 is 10.1 Å². The summed E-state index contributed by atoms with van der Waals surface area (Å²) in [6, 6.07) is 6.26. The lowest BCUT2D eigenvalue weighted by molar-refractivity contribution is 0.0963. The zero-order valence-corrected chi connectivity index (χ0v) is 16.8. The third-order valence-corrected chi connectivity index (χ3v) is 5.74. The average Bonchev–Trinajstić information content (AvgIpc) is 3.65. The van der Waals surface area contributed by atoms with Gasteiger partial charge in [0.05, 0.1) is 5.52 Å². The van der Waals surface area contributed by atoms with Gasteiger partial charge in [-0.25, -0.2) is 15.0 Å². The van der Waals surface area contributed by atoms with E-state index in [0.29, 0.717) is 24.6 Å². The molecule has 2 fully saturated rings. The third kappa shape index (κ3) is 4.08. The zero-order chi connectivity index (χ0) is 19.8. The molecule has 2 saturated carbocycles. The third-order valence-electron chi connectivity index (χ3n) is 5.74. The molecular weight excluding hydrogens is 364 g/mol. The second-order valence-corrected chi connectivity index (χ2v) is 8.33. The lowest BCUT2D eigenvalue weighted by atomic mass is 10.0. The summed E-state index contributed by atoms with van der Waals surface area (Å²) in [6.07, 6.45) is 8.99. The van der Waals surface area contributed by atoms with Gasteiger partial charge in [-0.2, -0.15) is 0 Å². The molecule has 1 N–H and O–H groups in total. The van der Waals surface area contributed by atoms with Crippen molar-refractivity contribution >= 4 is 33.4 Å². The van der Waals surface area contributed by atoms with Crippen molar-refractivity contribution in [3.63, 3.8) is 0 Å². The molecule has 0 spiro atoms. The van der Waals surface area contributed by atoms with Crippen molar-refractivity contribution in [2.24, 2.45) is 5.92 Å². The predicted molar refractivity (Wildman–Crippen MR) is 113 cm³/mol. The SMILES string of the molecule is COCCCC(=O)c1ccc2c(c1)nc(NC1CC1)c1nc(CC3CC3)ncc12. The molecule has 2 aliphatic carbocycles. The van der Waals surface area contributed by atoms with Crippen molar-refractivity contribution in [2.45, 2.75) is 51.0 Å². The normalized spacial score (nSPS) is 16.4. The van der Waals surface area contributed by atoms with Crippen molar-refractivity contribution in [1.82, 2.24) is 15.0 Å². The van der Waals surface area contributed by atoms with E-state index >= 15 is 0 Å². The minimum absolute atomic E-state index is 0.124. The van der Waals surface area contributed by atoms with Gasteiger partial charge in [0.1, 0.15) is 11.3 Å². The second-order valence-electron chi connectivity index (χ2n) is 8.33. The number of nitrogens with one attached hydrogen (secondary N) is 1. The van der Waals surface area contributed by atoms with Crippen LogP contribution in [0.4, 0.5) is 5.82 Å². The Morgan fingerprint density at radius 3 is 2.79 bits per heavy atom. The molecule has 0 atom stereocenters. The van der Waals surface area contributed by atoms with E-state index in [-0.39, 0.29) is 5.78 Å². The van der Waals surface area contributed by atoms with Gasteiger partial charge in [-0.05, 0) is 44.1 Å². The number of ether oxygens (including phenoxy) is 1. The molecule has 0 radical (unpaired) electrons. The number of nitrogens with zero attached hydrogens (tertiary/aromatic N) is 3. The Morgan fingerprint density at radius 1 is 1.17 bits per heavy atom. The molecule has 0 unspecified atom stereocenters. The number of rotatable bonds is 9. The highest BCUT2D eigenvalue weighted by molar-refractivity contribution is 6.10. The first-order chi connectivity index (χ1) is 14.2. The Labute approximate surface area is 170 Å². The Bertz CT molecular complexity index is 1070. The highest BCUT2D eigenvalue weighted by atomic mass is 16.5. The van der Waals surface area contributed by atoms with Crippen molar-refractivity contribution in [2.75, 3.05) is 19.0 Å². The first-order valence-corrected chi connectivity index (χ1v) is 10.6. The molecule has 2 aliphatic rings. The van der Waals surface area contributed by atoms with Gasteiger partial charge >= 0.3 is 0 Å². The first kappa shape index (κ1) is 18.4. The van der Waals surface area contributed by atoms with E-state index in [4.69, 9.17) is 14.7 Å².